The number of hydrogen-bond acceptors (Lipinski definition) is 2. The molecule has 1 heterocycles. The highest BCUT2D eigenvalue weighted by atomic mass is 28.4. The lowest BCUT2D eigenvalue weighted by molar-refractivity contribution is 0.346. The third kappa shape index (κ3) is 2.59. The Balaban J connectivity index is 2.16. The third-order valence-electron chi connectivity index (χ3n) is 4.14. The van der Waals surface area contributed by atoms with Crippen molar-refractivity contribution in [3.05, 3.63) is 17.4 Å². The van der Waals surface area contributed by atoms with Crippen LogP contribution < -0.4 is 4.43 Å². The molecule has 2 nitrogen and oxygen atoms in total. The van der Waals surface area contributed by atoms with Gasteiger partial charge in [0.05, 0.1) is 0 Å². The van der Waals surface area contributed by atoms with Crippen LogP contribution >= 0.6 is 0 Å². The van der Waals surface area contributed by atoms with E-state index in [0.717, 1.165) is 24.5 Å². The Hall–Kier alpha value is -0.703. The van der Waals surface area contributed by atoms with Gasteiger partial charge in [-0.15, -0.1) is 0 Å². The molecule has 0 saturated carbocycles. The molecule has 0 aliphatic heterocycles. The SMILES string of the molecule is CC(C)(C)[Si](C)(C)Oc1cc2c(o1)CCCC2. The summed E-state index contributed by atoms with van der Waals surface area (Å²) in [5, 5.41) is 0.223. The van der Waals surface area contributed by atoms with Crippen LogP contribution in [0.4, 0.5) is 0 Å². The third-order valence-corrected chi connectivity index (χ3v) is 8.46. The van der Waals surface area contributed by atoms with Gasteiger partial charge in [0, 0.05) is 12.5 Å². The first-order chi connectivity index (χ1) is 7.79. The van der Waals surface area contributed by atoms with Crippen LogP contribution in [0, 0.1) is 0 Å². The summed E-state index contributed by atoms with van der Waals surface area (Å²) in [4.78, 5) is 0. The van der Waals surface area contributed by atoms with E-state index in [0.29, 0.717) is 0 Å². The Kier molecular flexibility index (Phi) is 3.15. The topological polar surface area (TPSA) is 22.4 Å². The maximum absolute atomic E-state index is 6.19. The molecule has 96 valence electrons. The molecule has 0 spiro atoms. The Morgan fingerprint density at radius 1 is 1.18 bits per heavy atom. The van der Waals surface area contributed by atoms with Crippen molar-refractivity contribution in [2.45, 2.75) is 64.6 Å². The lowest BCUT2D eigenvalue weighted by Gasteiger charge is -2.35. The molecule has 3 heteroatoms. The Bertz CT molecular complexity index is 375. The van der Waals surface area contributed by atoms with Gasteiger partial charge in [0.1, 0.15) is 5.76 Å². The van der Waals surface area contributed by atoms with Crippen molar-refractivity contribution in [2.24, 2.45) is 0 Å². The molecule has 17 heavy (non-hydrogen) atoms. The molecule has 1 aromatic rings. The largest absolute Gasteiger partial charge is 0.519 e. The van der Waals surface area contributed by atoms with E-state index >= 15 is 0 Å². The van der Waals surface area contributed by atoms with Crippen LogP contribution in [0.1, 0.15) is 44.9 Å². The van der Waals surface area contributed by atoms with E-state index in [9.17, 15) is 0 Å². The Morgan fingerprint density at radius 2 is 1.82 bits per heavy atom. The van der Waals surface area contributed by atoms with Gasteiger partial charge in [-0.05, 0) is 43.0 Å². The highest BCUT2D eigenvalue weighted by Crippen LogP contribution is 2.39. The molecule has 2 rings (SSSR count). The second-order valence-electron chi connectivity index (χ2n) is 6.58. The van der Waals surface area contributed by atoms with Gasteiger partial charge in [-0.2, -0.15) is 0 Å². The summed E-state index contributed by atoms with van der Waals surface area (Å²) >= 11 is 0. The summed E-state index contributed by atoms with van der Waals surface area (Å²) in [5.41, 5.74) is 1.37. The number of fused-ring (bicyclic) bond motifs is 1. The van der Waals surface area contributed by atoms with Crippen molar-refractivity contribution in [1.29, 1.82) is 0 Å². The molecule has 1 aliphatic carbocycles. The van der Waals surface area contributed by atoms with Crippen LogP contribution in [-0.2, 0) is 12.8 Å². The van der Waals surface area contributed by atoms with E-state index in [2.05, 4.69) is 39.9 Å². The quantitative estimate of drug-likeness (QED) is 0.721. The maximum Gasteiger partial charge on any atom is 0.270 e. The van der Waals surface area contributed by atoms with E-state index < -0.39 is 8.32 Å². The molecule has 1 aliphatic rings. The molecule has 0 bridgehead atoms. The minimum Gasteiger partial charge on any atom is -0.519 e. The van der Waals surface area contributed by atoms with Crippen LogP contribution in [-0.4, -0.2) is 8.32 Å². The molecule has 0 atom stereocenters. The van der Waals surface area contributed by atoms with E-state index in [1.807, 2.05) is 0 Å². The van der Waals surface area contributed by atoms with Crippen LogP contribution in [0.3, 0.4) is 0 Å². The first-order valence-electron chi connectivity index (χ1n) is 6.60. The van der Waals surface area contributed by atoms with Gasteiger partial charge in [0.15, 0.2) is 0 Å². The first-order valence-corrected chi connectivity index (χ1v) is 9.51. The highest BCUT2D eigenvalue weighted by Gasteiger charge is 2.40. The minimum atomic E-state index is -1.75. The van der Waals surface area contributed by atoms with E-state index in [-0.39, 0.29) is 5.04 Å². The second-order valence-corrected chi connectivity index (χ2v) is 11.3. The zero-order valence-electron chi connectivity index (χ0n) is 11.7. The van der Waals surface area contributed by atoms with E-state index in [1.54, 1.807) is 0 Å². The number of hydrogen-bond donors (Lipinski definition) is 0. The zero-order chi connectivity index (χ0) is 12.7. The van der Waals surface area contributed by atoms with Gasteiger partial charge in [0.25, 0.3) is 14.3 Å². The molecule has 0 aromatic carbocycles. The van der Waals surface area contributed by atoms with Crippen molar-refractivity contribution < 1.29 is 8.84 Å². The molecular formula is C14H24O2Si. The van der Waals surface area contributed by atoms with Crippen LogP contribution in [0.25, 0.3) is 0 Å². The zero-order valence-corrected chi connectivity index (χ0v) is 12.7. The second kappa shape index (κ2) is 4.20. The summed E-state index contributed by atoms with van der Waals surface area (Å²) < 4.78 is 12.0. The fourth-order valence-corrected chi connectivity index (χ4v) is 2.83. The fraction of sp³-hybridized carbons (Fsp3) is 0.714. The van der Waals surface area contributed by atoms with Crippen molar-refractivity contribution in [2.75, 3.05) is 0 Å². The van der Waals surface area contributed by atoms with Gasteiger partial charge in [-0.3, -0.25) is 0 Å². The van der Waals surface area contributed by atoms with Gasteiger partial charge in [-0.25, -0.2) is 0 Å². The summed E-state index contributed by atoms with van der Waals surface area (Å²) in [6.07, 6.45) is 4.77. The number of aryl methyl sites for hydroxylation is 2. The normalized spacial score (nSPS) is 16.8. The predicted octanol–water partition coefficient (Wildman–Crippen LogP) is 4.54. The molecule has 0 radical (unpaired) electrons. The van der Waals surface area contributed by atoms with E-state index in [4.69, 9.17) is 8.84 Å². The van der Waals surface area contributed by atoms with Gasteiger partial charge < -0.3 is 8.84 Å². The van der Waals surface area contributed by atoms with Crippen LogP contribution in [0.15, 0.2) is 10.5 Å². The summed E-state index contributed by atoms with van der Waals surface area (Å²) in [6, 6.07) is 2.12. The lowest BCUT2D eigenvalue weighted by Crippen LogP contribution is -2.43. The lowest BCUT2D eigenvalue weighted by atomic mass is 9.99. The Labute approximate surface area is 105 Å². The van der Waals surface area contributed by atoms with Crippen molar-refractivity contribution in [1.82, 2.24) is 0 Å². The number of rotatable bonds is 2. The van der Waals surface area contributed by atoms with Gasteiger partial charge in [0.2, 0.25) is 0 Å². The predicted molar refractivity (Wildman–Crippen MR) is 73.2 cm³/mol. The van der Waals surface area contributed by atoms with Gasteiger partial charge in [-0.1, -0.05) is 20.8 Å². The average Bonchev–Trinajstić information content (AvgIpc) is 2.56. The average molecular weight is 252 g/mol. The summed E-state index contributed by atoms with van der Waals surface area (Å²) in [6.45, 7) is 11.3. The summed E-state index contributed by atoms with van der Waals surface area (Å²) in [7, 11) is -1.75. The van der Waals surface area contributed by atoms with E-state index in [1.165, 1.54) is 18.4 Å². The van der Waals surface area contributed by atoms with Crippen LogP contribution in [0.5, 0.6) is 5.95 Å². The molecule has 0 saturated heterocycles. The van der Waals surface area contributed by atoms with Crippen LogP contribution in [0.2, 0.25) is 18.1 Å². The molecular weight excluding hydrogens is 228 g/mol. The number of furan rings is 1. The molecule has 0 unspecified atom stereocenters. The standard InChI is InChI=1S/C14H24O2Si/c1-14(2,3)17(4,5)16-13-10-11-8-6-7-9-12(11)15-13/h10H,6-9H2,1-5H3. The van der Waals surface area contributed by atoms with Crippen molar-refractivity contribution in [3.8, 4) is 5.95 Å². The highest BCUT2D eigenvalue weighted by molar-refractivity contribution is 6.74. The fourth-order valence-electron chi connectivity index (χ4n) is 1.92. The molecule has 1 aromatic heterocycles. The molecule has 0 N–H and O–H groups in total. The monoisotopic (exact) mass is 252 g/mol. The van der Waals surface area contributed by atoms with Crippen molar-refractivity contribution >= 4 is 8.32 Å². The van der Waals surface area contributed by atoms with Crippen molar-refractivity contribution in [3.63, 3.8) is 0 Å². The maximum atomic E-state index is 6.19. The summed E-state index contributed by atoms with van der Waals surface area (Å²) in [5.74, 6) is 1.91. The molecule has 0 fully saturated rings. The molecule has 0 amide bonds. The Morgan fingerprint density at radius 3 is 2.41 bits per heavy atom. The smallest absolute Gasteiger partial charge is 0.270 e. The first kappa shape index (κ1) is 12.7. The van der Waals surface area contributed by atoms with Gasteiger partial charge >= 0.3 is 0 Å². The minimum absolute atomic E-state index is 0.223.